The van der Waals surface area contributed by atoms with Crippen molar-refractivity contribution in [2.45, 2.75) is 29.1 Å². The fourth-order valence-corrected chi connectivity index (χ4v) is 6.71. The van der Waals surface area contributed by atoms with E-state index in [1.165, 1.54) is 32.9 Å². The smallest absolute Gasteiger partial charge is 0.243 e. The Kier molecular flexibility index (Phi) is 5.50. The average molecular weight is 388 g/mol. The summed E-state index contributed by atoms with van der Waals surface area (Å²) < 4.78 is 54.0. The van der Waals surface area contributed by atoms with Crippen molar-refractivity contribution in [3.05, 3.63) is 24.3 Å². The molecule has 25 heavy (non-hydrogen) atoms. The lowest BCUT2D eigenvalue weighted by molar-refractivity contribution is 0.451. The number of nitrogens with one attached hydrogen (secondary N) is 1. The highest BCUT2D eigenvalue weighted by Crippen LogP contribution is 2.27. The molecule has 1 aromatic rings. The van der Waals surface area contributed by atoms with Gasteiger partial charge in [0.15, 0.2) is 0 Å². The molecular weight excluding hydrogens is 362 g/mol. The molecule has 1 unspecified atom stereocenters. The Bertz CT molecular complexity index is 818. The van der Waals surface area contributed by atoms with Crippen molar-refractivity contribution in [1.29, 1.82) is 0 Å². The van der Waals surface area contributed by atoms with Gasteiger partial charge in [-0.2, -0.15) is 8.61 Å². The van der Waals surface area contributed by atoms with E-state index in [1.807, 2.05) is 7.05 Å². The summed E-state index contributed by atoms with van der Waals surface area (Å²) in [6, 6.07) is 5.76. The molecule has 0 bridgehead atoms. The van der Waals surface area contributed by atoms with E-state index in [9.17, 15) is 16.8 Å². The lowest BCUT2D eigenvalue weighted by Gasteiger charge is -2.19. The molecule has 2 heterocycles. The van der Waals surface area contributed by atoms with Crippen LogP contribution in [-0.4, -0.2) is 65.2 Å². The van der Waals surface area contributed by atoms with Crippen LogP contribution in [0, 0.1) is 5.92 Å². The highest BCUT2D eigenvalue weighted by atomic mass is 32.2. The molecule has 2 aliphatic heterocycles. The maximum Gasteiger partial charge on any atom is 0.243 e. The molecule has 2 aliphatic rings. The van der Waals surface area contributed by atoms with E-state index >= 15 is 0 Å². The molecule has 9 heteroatoms. The first-order valence-electron chi connectivity index (χ1n) is 8.60. The molecule has 7 nitrogen and oxygen atoms in total. The molecule has 0 aliphatic carbocycles. The molecule has 0 saturated carbocycles. The van der Waals surface area contributed by atoms with Gasteiger partial charge in [-0.1, -0.05) is 6.07 Å². The van der Waals surface area contributed by atoms with Crippen molar-refractivity contribution >= 4 is 20.0 Å². The Labute approximate surface area is 150 Å². The molecule has 2 saturated heterocycles. The molecule has 0 amide bonds. The van der Waals surface area contributed by atoms with E-state index in [0.29, 0.717) is 26.2 Å². The molecule has 0 aromatic heterocycles. The number of benzene rings is 1. The zero-order chi connectivity index (χ0) is 18.1. The molecule has 0 spiro atoms. The predicted octanol–water partition coefficient (Wildman–Crippen LogP) is 0.701. The molecular formula is C16H25N3O4S2. The fourth-order valence-electron chi connectivity index (χ4n) is 3.49. The van der Waals surface area contributed by atoms with Crippen molar-refractivity contribution in [1.82, 2.24) is 13.9 Å². The lowest BCUT2D eigenvalue weighted by atomic mass is 10.1. The van der Waals surface area contributed by atoms with Crippen LogP contribution in [0.2, 0.25) is 0 Å². The van der Waals surface area contributed by atoms with Crippen molar-refractivity contribution in [3.8, 4) is 0 Å². The molecule has 140 valence electrons. The Morgan fingerprint density at radius 3 is 2.20 bits per heavy atom. The van der Waals surface area contributed by atoms with Crippen LogP contribution in [0.25, 0.3) is 0 Å². The summed E-state index contributed by atoms with van der Waals surface area (Å²) in [4.78, 5) is 0.110. The summed E-state index contributed by atoms with van der Waals surface area (Å²) in [5, 5.41) is 3.08. The second kappa shape index (κ2) is 7.32. The van der Waals surface area contributed by atoms with Crippen LogP contribution in [-0.2, 0) is 20.0 Å². The normalized spacial score (nSPS) is 23.3. The van der Waals surface area contributed by atoms with Crippen LogP contribution in [0.15, 0.2) is 34.1 Å². The maximum absolute atomic E-state index is 12.9. The van der Waals surface area contributed by atoms with Gasteiger partial charge >= 0.3 is 0 Å². The van der Waals surface area contributed by atoms with Crippen molar-refractivity contribution < 1.29 is 16.8 Å². The van der Waals surface area contributed by atoms with Gasteiger partial charge in [-0.05, 0) is 57.0 Å². The summed E-state index contributed by atoms with van der Waals surface area (Å²) in [6.07, 6.45) is 2.50. The van der Waals surface area contributed by atoms with E-state index in [4.69, 9.17) is 0 Å². The first kappa shape index (κ1) is 18.8. The number of nitrogens with zero attached hydrogens (tertiary/aromatic N) is 2. The van der Waals surface area contributed by atoms with Crippen LogP contribution in [0.4, 0.5) is 0 Å². The second-order valence-corrected chi connectivity index (χ2v) is 10.5. The van der Waals surface area contributed by atoms with Gasteiger partial charge in [-0.15, -0.1) is 0 Å². The van der Waals surface area contributed by atoms with Crippen LogP contribution in [0.3, 0.4) is 0 Å². The Morgan fingerprint density at radius 1 is 1.00 bits per heavy atom. The van der Waals surface area contributed by atoms with E-state index in [1.54, 1.807) is 0 Å². The molecule has 1 aromatic carbocycles. The molecule has 0 radical (unpaired) electrons. The van der Waals surface area contributed by atoms with Gasteiger partial charge in [0.2, 0.25) is 20.0 Å². The summed E-state index contributed by atoms with van der Waals surface area (Å²) >= 11 is 0. The Hall–Kier alpha value is -1.00. The van der Waals surface area contributed by atoms with Gasteiger partial charge in [0.25, 0.3) is 0 Å². The molecule has 2 fully saturated rings. The minimum atomic E-state index is -3.67. The Morgan fingerprint density at radius 2 is 1.60 bits per heavy atom. The minimum absolute atomic E-state index is 0.0536. The topological polar surface area (TPSA) is 86.8 Å². The third kappa shape index (κ3) is 3.75. The average Bonchev–Trinajstić information content (AvgIpc) is 3.27. The summed E-state index contributed by atoms with van der Waals surface area (Å²) in [6.45, 7) is 2.70. The highest BCUT2D eigenvalue weighted by Gasteiger charge is 2.33. The third-order valence-corrected chi connectivity index (χ3v) is 8.64. The van der Waals surface area contributed by atoms with Gasteiger partial charge in [0.05, 0.1) is 9.79 Å². The number of hydrogen-bond acceptors (Lipinski definition) is 5. The van der Waals surface area contributed by atoms with Gasteiger partial charge in [0, 0.05) is 26.2 Å². The summed E-state index contributed by atoms with van der Waals surface area (Å²) in [5.41, 5.74) is 0. The van der Waals surface area contributed by atoms with E-state index in [0.717, 1.165) is 25.8 Å². The first-order valence-corrected chi connectivity index (χ1v) is 11.5. The van der Waals surface area contributed by atoms with Gasteiger partial charge < -0.3 is 5.32 Å². The third-order valence-electron chi connectivity index (χ3n) is 4.89. The summed E-state index contributed by atoms with van der Waals surface area (Å²) in [7, 11) is -5.45. The zero-order valence-electron chi connectivity index (χ0n) is 14.4. The minimum Gasteiger partial charge on any atom is -0.319 e. The highest BCUT2D eigenvalue weighted by molar-refractivity contribution is 7.90. The van der Waals surface area contributed by atoms with Crippen molar-refractivity contribution in [2.75, 3.05) is 39.8 Å². The largest absolute Gasteiger partial charge is 0.319 e. The van der Waals surface area contributed by atoms with Crippen molar-refractivity contribution in [2.24, 2.45) is 5.92 Å². The van der Waals surface area contributed by atoms with Crippen LogP contribution in [0.1, 0.15) is 19.3 Å². The Balaban J connectivity index is 1.86. The number of rotatable bonds is 6. The number of hydrogen-bond donors (Lipinski definition) is 1. The maximum atomic E-state index is 12.9. The monoisotopic (exact) mass is 387 g/mol. The first-order chi connectivity index (χ1) is 11.9. The van der Waals surface area contributed by atoms with E-state index in [2.05, 4.69) is 5.32 Å². The SMILES string of the molecule is CNCC1CCN(S(=O)(=O)c2cccc(S(=O)(=O)N3CCCC3)c2)C1. The van der Waals surface area contributed by atoms with Crippen LogP contribution >= 0.6 is 0 Å². The molecule has 1 atom stereocenters. The lowest BCUT2D eigenvalue weighted by Crippen LogP contribution is -2.31. The van der Waals surface area contributed by atoms with Gasteiger partial charge in [-0.25, -0.2) is 16.8 Å². The standard InChI is InChI=1S/C16H25N3O4S2/c1-17-12-14-7-10-19(13-14)25(22,23)16-6-4-5-15(11-16)24(20,21)18-8-2-3-9-18/h4-6,11,14,17H,2-3,7-10,12-13H2,1H3. The fraction of sp³-hybridized carbons (Fsp3) is 0.625. The van der Waals surface area contributed by atoms with Gasteiger partial charge in [0.1, 0.15) is 0 Å². The van der Waals surface area contributed by atoms with E-state index < -0.39 is 20.0 Å². The zero-order valence-corrected chi connectivity index (χ0v) is 16.0. The van der Waals surface area contributed by atoms with Gasteiger partial charge in [-0.3, -0.25) is 0 Å². The van der Waals surface area contributed by atoms with Crippen molar-refractivity contribution in [3.63, 3.8) is 0 Å². The quantitative estimate of drug-likeness (QED) is 0.777. The second-order valence-electron chi connectivity index (χ2n) is 6.66. The predicted molar refractivity (Wildman–Crippen MR) is 95.2 cm³/mol. The molecule has 3 rings (SSSR count). The molecule has 1 N–H and O–H groups in total. The van der Waals surface area contributed by atoms with Crippen LogP contribution in [0.5, 0.6) is 0 Å². The summed E-state index contributed by atoms with van der Waals surface area (Å²) in [5.74, 6) is 0.288. The number of sulfonamides is 2. The van der Waals surface area contributed by atoms with E-state index in [-0.39, 0.29) is 15.7 Å². The van der Waals surface area contributed by atoms with Crippen LogP contribution < -0.4 is 5.32 Å².